The van der Waals surface area contributed by atoms with Gasteiger partial charge in [0.2, 0.25) is 0 Å². The maximum atomic E-state index is 12.0. The van der Waals surface area contributed by atoms with Crippen molar-refractivity contribution in [2.24, 2.45) is 5.10 Å². The fraction of sp³-hybridized carbons (Fsp3) is 0.300. The van der Waals surface area contributed by atoms with Gasteiger partial charge in [0.1, 0.15) is 11.5 Å². The summed E-state index contributed by atoms with van der Waals surface area (Å²) in [5, 5.41) is 3.94. The van der Waals surface area contributed by atoms with Crippen molar-refractivity contribution in [3.8, 4) is 5.75 Å². The molecule has 0 saturated heterocycles. The van der Waals surface area contributed by atoms with Crippen LogP contribution in [0, 0.1) is 6.92 Å². The lowest BCUT2D eigenvalue weighted by Gasteiger charge is -2.18. The number of furan rings is 1. The first kappa shape index (κ1) is 21.4. The Balaban J connectivity index is 1.98. The highest BCUT2D eigenvalue weighted by atomic mass is 79.9. The van der Waals surface area contributed by atoms with E-state index in [1.165, 1.54) is 0 Å². The lowest BCUT2D eigenvalue weighted by atomic mass is 10.0. The van der Waals surface area contributed by atoms with E-state index >= 15 is 0 Å². The summed E-state index contributed by atoms with van der Waals surface area (Å²) in [5.74, 6) is 1.33. The monoisotopic (exact) mass is 496 g/mol. The summed E-state index contributed by atoms with van der Waals surface area (Å²) in [6.45, 7) is 7.87. The molecule has 0 aliphatic heterocycles. The molecule has 2 aromatic rings. The van der Waals surface area contributed by atoms with Gasteiger partial charge in [0.15, 0.2) is 6.61 Å². The molecule has 1 aromatic carbocycles. The number of carbonyl (C=O) groups is 1. The van der Waals surface area contributed by atoms with Crippen molar-refractivity contribution in [1.82, 2.24) is 5.43 Å². The van der Waals surface area contributed by atoms with Crippen LogP contribution in [0.1, 0.15) is 43.6 Å². The van der Waals surface area contributed by atoms with Crippen molar-refractivity contribution in [2.75, 3.05) is 6.61 Å². The Bertz CT molecular complexity index is 857. The Morgan fingerprint density at radius 2 is 2.15 bits per heavy atom. The van der Waals surface area contributed by atoms with E-state index in [1.807, 2.05) is 38.1 Å². The van der Waals surface area contributed by atoms with E-state index in [0.29, 0.717) is 5.75 Å². The van der Waals surface area contributed by atoms with Crippen LogP contribution in [-0.2, 0) is 4.79 Å². The largest absolute Gasteiger partial charge is 0.482 e. The Hall–Kier alpha value is -1.86. The molecule has 0 aliphatic carbocycles. The van der Waals surface area contributed by atoms with Crippen LogP contribution in [0.4, 0.5) is 0 Å². The number of halogens is 2. The number of hydrogen-bond donors (Lipinski definition) is 1. The molecule has 0 bridgehead atoms. The van der Waals surface area contributed by atoms with Gasteiger partial charge in [0, 0.05) is 4.47 Å². The van der Waals surface area contributed by atoms with Crippen LogP contribution in [0.5, 0.6) is 5.75 Å². The minimum Gasteiger partial charge on any atom is -0.482 e. The smallest absolute Gasteiger partial charge is 0.277 e. The van der Waals surface area contributed by atoms with Crippen molar-refractivity contribution in [3.63, 3.8) is 0 Å². The van der Waals surface area contributed by atoms with E-state index in [1.54, 1.807) is 12.5 Å². The van der Waals surface area contributed by atoms with Crippen LogP contribution in [0.2, 0.25) is 0 Å². The number of carbonyl (C=O) groups excluding carboxylic acids is 1. The van der Waals surface area contributed by atoms with Gasteiger partial charge in [-0.2, -0.15) is 5.10 Å². The molecule has 0 radical (unpaired) electrons. The molecule has 2 rings (SSSR count). The fourth-order valence-corrected chi connectivity index (χ4v) is 3.57. The predicted molar refractivity (Wildman–Crippen MR) is 115 cm³/mol. The number of benzene rings is 1. The Morgan fingerprint density at radius 3 is 2.78 bits per heavy atom. The first-order valence-corrected chi connectivity index (χ1v) is 10.0. The zero-order valence-corrected chi connectivity index (χ0v) is 18.8. The van der Waals surface area contributed by atoms with Crippen LogP contribution in [0.3, 0.4) is 0 Å². The molecule has 27 heavy (non-hydrogen) atoms. The van der Waals surface area contributed by atoms with E-state index in [4.69, 9.17) is 9.15 Å². The lowest BCUT2D eigenvalue weighted by molar-refractivity contribution is -0.123. The van der Waals surface area contributed by atoms with Crippen LogP contribution in [0.25, 0.3) is 6.08 Å². The van der Waals surface area contributed by atoms with Crippen LogP contribution >= 0.6 is 31.9 Å². The molecular formula is C20H22Br2N2O3. The van der Waals surface area contributed by atoms with Gasteiger partial charge >= 0.3 is 0 Å². The molecule has 1 heterocycles. The zero-order valence-electron chi connectivity index (χ0n) is 15.7. The Morgan fingerprint density at radius 1 is 1.41 bits per heavy atom. The van der Waals surface area contributed by atoms with Crippen molar-refractivity contribution in [3.05, 3.63) is 55.9 Å². The highest BCUT2D eigenvalue weighted by Gasteiger charge is 2.17. The van der Waals surface area contributed by atoms with E-state index in [0.717, 1.165) is 31.4 Å². The molecule has 0 spiro atoms. The summed E-state index contributed by atoms with van der Waals surface area (Å²) < 4.78 is 12.9. The molecule has 7 heteroatoms. The topological polar surface area (TPSA) is 63.8 Å². The second-order valence-electron chi connectivity index (χ2n) is 6.36. The normalized spacial score (nSPS) is 12.0. The molecule has 144 valence electrons. The third-order valence-electron chi connectivity index (χ3n) is 3.77. The van der Waals surface area contributed by atoms with Gasteiger partial charge in [-0.15, -0.1) is 0 Å². The number of nitrogens with zero attached hydrogens (tertiary/aromatic N) is 1. The molecule has 5 nitrogen and oxygen atoms in total. The second kappa shape index (κ2) is 9.90. The molecular weight excluding hydrogens is 476 g/mol. The number of ether oxygens (including phenoxy) is 1. The van der Waals surface area contributed by atoms with E-state index < -0.39 is 0 Å². The number of nitrogens with one attached hydrogen (secondary N) is 1. The summed E-state index contributed by atoms with van der Waals surface area (Å²) in [7, 11) is 0. The number of hydrazone groups is 1. The number of rotatable bonds is 7. The first-order valence-electron chi connectivity index (χ1n) is 8.44. The SMILES string of the molecule is CC(/C=N/NC(=O)COc1c(C(C)C)cc(Br)c(C)c1Br)=C\c1ccco1. The third kappa shape index (κ3) is 6.07. The van der Waals surface area contributed by atoms with Crippen LogP contribution in [-0.4, -0.2) is 18.7 Å². The first-order chi connectivity index (χ1) is 12.8. The van der Waals surface area contributed by atoms with Crippen molar-refractivity contribution >= 4 is 50.1 Å². The number of amides is 1. The van der Waals surface area contributed by atoms with Gasteiger partial charge in [-0.3, -0.25) is 4.79 Å². The minimum atomic E-state index is -0.334. The van der Waals surface area contributed by atoms with Crippen LogP contribution < -0.4 is 10.2 Å². The van der Waals surface area contributed by atoms with E-state index in [2.05, 4.69) is 56.2 Å². The molecule has 0 atom stereocenters. The molecule has 0 unspecified atom stereocenters. The van der Waals surface area contributed by atoms with E-state index in [-0.39, 0.29) is 18.4 Å². The van der Waals surface area contributed by atoms with Gasteiger partial charge in [-0.25, -0.2) is 5.43 Å². The van der Waals surface area contributed by atoms with Crippen molar-refractivity contribution in [2.45, 2.75) is 33.6 Å². The third-order valence-corrected chi connectivity index (χ3v) is 5.55. The second-order valence-corrected chi connectivity index (χ2v) is 8.00. The average molecular weight is 498 g/mol. The molecule has 0 fully saturated rings. The highest BCUT2D eigenvalue weighted by Crippen LogP contribution is 2.40. The van der Waals surface area contributed by atoms with Crippen molar-refractivity contribution in [1.29, 1.82) is 0 Å². The lowest BCUT2D eigenvalue weighted by Crippen LogP contribution is -2.25. The number of hydrogen-bond acceptors (Lipinski definition) is 4. The standard InChI is InChI=1S/C20H22Br2N2O3/c1-12(2)16-9-17(21)14(4)19(22)20(16)27-11-18(25)24-23-10-13(3)8-15-6-5-7-26-15/h5-10,12H,11H2,1-4H3,(H,24,25)/b13-8+,23-10+. The van der Waals surface area contributed by atoms with Crippen molar-refractivity contribution < 1.29 is 13.9 Å². The average Bonchev–Trinajstić information content (AvgIpc) is 3.11. The Labute approximate surface area is 176 Å². The van der Waals surface area contributed by atoms with E-state index in [9.17, 15) is 4.79 Å². The molecule has 0 aliphatic rings. The Kier molecular flexibility index (Phi) is 7.86. The molecule has 1 N–H and O–H groups in total. The number of allylic oxidation sites excluding steroid dienone is 1. The van der Waals surface area contributed by atoms with Gasteiger partial charge in [0.05, 0.1) is 17.0 Å². The molecule has 0 saturated carbocycles. The highest BCUT2D eigenvalue weighted by molar-refractivity contribution is 9.11. The maximum absolute atomic E-state index is 12.0. The quantitative estimate of drug-likeness (QED) is 0.387. The predicted octanol–water partition coefficient (Wildman–Crippen LogP) is 5.82. The van der Waals surface area contributed by atoms with Gasteiger partial charge < -0.3 is 9.15 Å². The fourth-order valence-electron chi connectivity index (χ4n) is 2.30. The van der Waals surface area contributed by atoms with Gasteiger partial charge in [-0.1, -0.05) is 29.8 Å². The van der Waals surface area contributed by atoms with Crippen LogP contribution in [0.15, 0.2) is 48.5 Å². The zero-order chi connectivity index (χ0) is 20.0. The summed E-state index contributed by atoms with van der Waals surface area (Å²) in [6, 6.07) is 5.68. The molecule has 1 aromatic heterocycles. The van der Waals surface area contributed by atoms with Gasteiger partial charge in [0.25, 0.3) is 5.91 Å². The summed E-state index contributed by atoms with van der Waals surface area (Å²) in [5.41, 5.74) is 5.35. The summed E-state index contributed by atoms with van der Waals surface area (Å²) >= 11 is 7.12. The maximum Gasteiger partial charge on any atom is 0.277 e. The molecule has 1 amide bonds. The summed E-state index contributed by atoms with van der Waals surface area (Å²) in [6.07, 6.45) is 4.98. The van der Waals surface area contributed by atoms with Gasteiger partial charge in [-0.05, 0) is 76.7 Å². The minimum absolute atomic E-state index is 0.127. The summed E-state index contributed by atoms with van der Waals surface area (Å²) in [4.78, 5) is 12.0.